The van der Waals surface area contributed by atoms with Crippen molar-refractivity contribution in [1.29, 1.82) is 0 Å². The molecule has 0 spiro atoms. The number of amides is 1. The number of rotatable bonds is 4. The van der Waals surface area contributed by atoms with Crippen LogP contribution in [0.25, 0.3) is 5.70 Å². The van der Waals surface area contributed by atoms with Crippen LogP contribution in [0.3, 0.4) is 0 Å². The predicted molar refractivity (Wildman–Crippen MR) is 83.5 cm³/mol. The molecular formula is C17H20N2O2. The lowest BCUT2D eigenvalue weighted by atomic mass is 9.87. The second-order valence-corrected chi connectivity index (χ2v) is 5.86. The van der Waals surface area contributed by atoms with Gasteiger partial charge >= 0.3 is 0 Å². The van der Waals surface area contributed by atoms with E-state index in [1.165, 1.54) is 5.56 Å². The summed E-state index contributed by atoms with van der Waals surface area (Å²) in [4.78, 5) is 12.0. The van der Waals surface area contributed by atoms with Gasteiger partial charge in [0, 0.05) is 5.56 Å². The third-order valence-electron chi connectivity index (χ3n) is 3.16. The lowest BCUT2D eigenvalue weighted by Crippen LogP contribution is -2.35. The molecule has 0 aliphatic carbocycles. The van der Waals surface area contributed by atoms with Crippen molar-refractivity contribution in [2.45, 2.75) is 26.2 Å². The highest BCUT2D eigenvalue weighted by Gasteiger charge is 2.14. The predicted octanol–water partition coefficient (Wildman–Crippen LogP) is 3.48. The number of hydrazine groups is 1. The van der Waals surface area contributed by atoms with Crippen molar-refractivity contribution in [3.8, 4) is 0 Å². The second kappa shape index (κ2) is 5.87. The van der Waals surface area contributed by atoms with Gasteiger partial charge in [-0.05, 0) is 35.2 Å². The summed E-state index contributed by atoms with van der Waals surface area (Å²) in [6, 6.07) is 11.1. The minimum absolute atomic E-state index is 0.0703. The maximum atomic E-state index is 12.0. The van der Waals surface area contributed by atoms with E-state index in [1.54, 1.807) is 18.4 Å². The molecule has 0 unspecified atom stereocenters. The molecule has 2 N–H and O–H groups in total. The summed E-state index contributed by atoms with van der Waals surface area (Å²) in [7, 11) is 0. The average Bonchev–Trinajstić information content (AvgIpc) is 2.98. The maximum absolute atomic E-state index is 12.0. The van der Waals surface area contributed by atoms with Crippen LogP contribution < -0.4 is 10.9 Å². The molecule has 0 bridgehead atoms. The summed E-state index contributed by atoms with van der Waals surface area (Å²) in [5.74, 6) is 0.363. The van der Waals surface area contributed by atoms with Crippen LogP contribution in [0.5, 0.6) is 0 Å². The van der Waals surface area contributed by atoms with Crippen LogP contribution in [0, 0.1) is 0 Å². The molecule has 1 heterocycles. The number of carbonyl (C=O) groups excluding carboxylic acids is 1. The van der Waals surface area contributed by atoms with Gasteiger partial charge in [-0.25, -0.2) is 0 Å². The molecule has 0 atom stereocenters. The van der Waals surface area contributed by atoms with Crippen molar-refractivity contribution in [2.24, 2.45) is 0 Å². The SMILES string of the molecule is C=C(NNC(=O)c1ccc(C(C)(C)C)cc1)c1ccco1. The van der Waals surface area contributed by atoms with Gasteiger partial charge in [-0.15, -0.1) is 0 Å². The van der Waals surface area contributed by atoms with E-state index < -0.39 is 0 Å². The fourth-order valence-corrected chi connectivity index (χ4v) is 1.84. The summed E-state index contributed by atoms with van der Waals surface area (Å²) in [5.41, 5.74) is 7.68. The quantitative estimate of drug-likeness (QED) is 0.845. The molecule has 2 rings (SSSR count). The van der Waals surface area contributed by atoms with E-state index in [0.717, 1.165) is 0 Å². The first-order chi connectivity index (χ1) is 9.88. The molecule has 0 aliphatic rings. The molecule has 0 fully saturated rings. The number of nitrogens with one attached hydrogen (secondary N) is 2. The summed E-state index contributed by atoms with van der Waals surface area (Å²) >= 11 is 0. The first kappa shape index (κ1) is 14.9. The van der Waals surface area contributed by atoms with E-state index >= 15 is 0 Å². The Morgan fingerprint density at radius 3 is 2.29 bits per heavy atom. The molecule has 1 aromatic heterocycles. The summed E-state index contributed by atoms with van der Waals surface area (Å²) < 4.78 is 5.17. The van der Waals surface area contributed by atoms with Crippen molar-refractivity contribution in [2.75, 3.05) is 0 Å². The molecule has 110 valence electrons. The van der Waals surface area contributed by atoms with Gasteiger partial charge in [0.1, 0.15) is 0 Å². The third-order valence-corrected chi connectivity index (χ3v) is 3.16. The molecule has 0 radical (unpaired) electrons. The number of hydrogen-bond donors (Lipinski definition) is 2. The van der Waals surface area contributed by atoms with Gasteiger partial charge in [0.25, 0.3) is 5.91 Å². The molecule has 2 aromatic rings. The fourth-order valence-electron chi connectivity index (χ4n) is 1.84. The van der Waals surface area contributed by atoms with Crippen molar-refractivity contribution in [3.63, 3.8) is 0 Å². The highest BCUT2D eigenvalue weighted by Crippen LogP contribution is 2.22. The van der Waals surface area contributed by atoms with Gasteiger partial charge in [0.2, 0.25) is 0 Å². The van der Waals surface area contributed by atoms with E-state index in [4.69, 9.17) is 4.42 Å². The highest BCUT2D eigenvalue weighted by atomic mass is 16.3. The second-order valence-electron chi connectivity index (χ2n) is 5.86. The van der Waals surface area contributed by atoms with Crippen LogP contribution in [-0.2, 0) is 5.41 Å². The molecule has 4 heteroatoms. The van der Waals surface area contributed by atoms with Gasteiger partial charge in [-0.1, -0.05) is 39.5 Å². The zero-order valence-corrected chi connectivity index (χ0v) is 12.6. The normalized spacial score (nSPS) is 11.0. The van der Waals surface area contributed by atoms with Crippen LogP contribution in [0.1, 0.15) is 42.5 Å². The largest absolute Gasteiger partial charge is 0.463 e. The Labute approximate surface area is 124 Å². The topological polar surface area (TPSA) is 54.3 Å². The minimum atomic E-state index is -0.219. The van der Waals surface area contributed by atoms with E-state index in [-0.39, 0.29) is 11.3 Å². The molecule has 0 saturated carbocycles. The Morgan fingerprint density at radius 1 is 1.10 bits per heavy atom. The first-order valence-corrected chi connectivity index (χ1v) is 6.77. The van der Waals surface area contributed by atoms with E-state index in [9.17, 15) is 4.79 Å². The Morgan fingerprint density at radius 2 is 1.76 bits per heavy atom. The van der Waals surface area contributed by atoms with E-state index in [1.807, 2.05) is 24.3 Å². The zero-order chi connectivity index (χ0) is 15.5. The van der Waals surface area contributed by atoms with Gasteiger partial charge in [-0.3, -0.25) is 15.6 Å². The van der Waals surface area contributed by atoms with Crippen molar-refractivity contribution < 1.29 is 9.21 Å². The molecule has 0 aliphatic heterocycles. The van der Waals surface area contributed by atoms with E-state index in [0.29, 0.717) is 17.0 Å². The van der Waals surface area contributed by atoms with Gasteiger partial charge in [0.05, 0.1) is 12.0 Å². The number of benzene rings is 1. The summed E-state index contributed by atoms with van der Waals surface area (Å²) in [6.07, 6.45) is 1.55. The van der Waals surface area contributed by atoms with Crippen molar-refractivity contribution in [1.82, 2.24) is 10.9 Å². The lowest BCUT2D eigenvalue weighted by molar-refractivity contribution is 0.0942. The first-order valence-electron chi connectivity index (χ1n) is 6.77. The smallest absolute Gasteiger partial charge is 0.269 e. The van der Waals surface area contributed by atoms with Crippen LogP contribution in [-0.4, -0.2) is 5.91 Å². The van der Waals surface area contributed by atoms with Crippen LogP contribution >= 0.6 is 0 Å². The van der Waals surface area contributed by atoms with Crippen LogP contribution in [0.15, 0.2) is 53.7 Å². The van der Waals surface area contributed by atoms with Gasteiger partial charge < -0.3 is 4.42 Å². The Hall–Kier alpha value is -2.49. The van der Waals surface area contributed by atoms with E-state index in [2.05, 4.69) is 38.2 Å². The monoisotopic (exact) mass is 284 g/mol. The minimum Gasteiger partial charge on any atom is -0.463 e. The third kappa shape index (κ3) is 3.75. The van der Waals surface area contributed by atoms with Gasteiger partial charge in [-0.2, -0.15) is 0 Å². The molecular weight excluding hydrogens is 264 g/mol. The number of hydrogen-bond acceptors (Lipinski definition) is 3. The summed E-state index contributed by atoms with van der Waals surface area (Å²) in [6.45, 7) is 10.2. The van der Waals surface area contributed by atoms with Crippen molar-refractivity contribution >= 4 is 11.6 Å². The molecule has 1 aromatic carbocycles. The number of carbonyl (C=O) groups is 1. The molecule has 4 nitrogen and oxygen atoms in total. The van der Waals surface area contributed by atoms with Crippen molar-refractivity contribution in [3.05, 3.63) is 66.1 Å². The highest BCUT2D eigenvalue weighted by molar-refractivity contribution is 5.94. The summed E-state index contributed by atoms with van der Waals surface area (Å²) in [5, 5.41) is 0. The fraction of sp³-hybridized carbons (Fsp3) is 0.235. The Bertz CT molecular complexity index is 620. The van der Waals surface area contributed by atoms with Gasteiger partial charge in [0.15, 0.2) is 5.76 Å². The number of furan rings is 1. The Kier molecular flexibility index (Phi) is 4.17. The zero-order valence-electron chi connectivity index (χ0n) is 12.6. The molecule has 1 amide bonds. The maximum Gasteiger partial charge on any atom is 0.269 e. The van der Waals surface area contributed by atoms with Crippen LogP contribution in [0.2, 0.25) is 0 Å². The standard InChI is InChI=1S/C17H20N2O2/c1-12(15-6-5-11-21-15)18-19-16(20)13-7-9-14(10-8-13)17(2,3)4/h5-11,18H,1H2,2-4H3,(H,19,20). The Balaban J connectivity index is 1.96. The molecule has 0 saturated heterocycles. The average molecular weight is 284 g/mol. The molecule has 21 heavy (non-hydrogen) atoms. The lowest BCUT2D eigenvalue weighted by Gasteiger charge is -2.19. The van der Waals surface area contributed by atoms with Crippen LogP contribution in [0.4, 0.5) is 0 Å².